The van der Waals surface area contributed by atoms with Crippen molar-refractivity contribution in [2.24, 2.45) is 0 Å². The van der Waals surface area contributed by atoms with Crippen molar-refractivity contribution >= 4 is 22.9 Å². The topological polar surface area (TPSA) is 54.5 Å². The summed E-state index contributed by atoms with van der Waals surface area (Å²) in [6.45, 7) is 8.19. The monoisotopic (exact) mass is 373 g/mol. The molecule has 1 aromatic heterocycles. The summed E-state index contributed by atoms with van der Waals surface area (Å²) in [4.78, 5) is 19.7. The molecular weight excluding hydrogens is 346 g/mol. The molecule has 3 rings (SSSR count). The third kappa shape index (κ3) is 4.43. The molecule has 1 fully saturated rings. The lowest BCUT2D eigenvalue weighted by atomic mass is 9.98. The lowest BCUT2D eigenvalue weighted by molar-refractivity contribution is -0.120. The molecular formula is C20H27N3O2S. The quantitative estimate of drug-likeness (QED) is 0.859. The van der Waals surface area contributed by atoms with Gasteiger partial charge in [-0.15, -0.1) is 11.3 Å². The fourth-order valence-electron chi connectivity index (χ4n) is 3.14. The molecule has 5 nitrogen and oxygen atoms in total. The van der Waals surface area contributed by atoms with Gasteiger partial charge in [-0.2, -0.15) is 0 Å². The van der Waals surface area contributed by atoms with Crippen molar-refractivity contribution in [3.8, 4) is 5.75 Å². The average Bonchev–Trinajstić information content (AvgIpc) is 3.25. The number of aromatic nitrogens is 1. The number of benzene rings is 1. The van der Waals surface area contributed by atoms with Crippen LogP contribution in [0, 0.1) is 0 Å². The van der Waals surface area contributed by atoms with Gasteiger partial charge in [0.15, 0.2) is 0 Å². The van der Waals surface area contributed by atoms with Crippen molar-refractivity contribution in [3.05, 3.63) is 40.3 Å². The smallest absolute Gasteiger partial charge is 0.241 e. The molecule has 0 bridgehead atoms. The number of hydrogen-bond donors (Lipinski definition) is 1. The highest BCUT2D eigenvalue weighted by Gasteiger charge is 2.31. The first-order chi connectivity index (χ1) is 12.4. The number of methoxy groups -OCH3 is 1. The number of nitrogens with one attached hydrogen (secondary N) is 1. The molecule has 0 unspecified atom stereocenters. The standard InChI is InChI=1S/C20H27N3O2S/c1-20(2,3)19-22-15(13-26-19)12-23-11-5-6-17(23)18(24)21-14-7-9-16(25-4)10-8-14/h7-10,13,17H,5-6,11-12H2,1-4H3,(H,21,24)/t17-/m1/s1. The maximum Gasteiger partial charge on any atom is 0.241 e. The molecule has 1 amide bonds. The summed E-state index contributed by atoms with van der Waals surface area (Å²) in [6, 6.07) is 7.34. The Bertz CT molecular complexity index is 749. The van der Waals surface area contributed by atoms with Crippen LogP contribution in [-0.2, 0) is 16.8 Å². The minimum absolute atomic E-state index is 0.0546. The molecule has 1 aliphatic rings. The zero-order chi connectivity index (χ0) is 18.7. The van der Waals surface area contributed by atoms with Crippen LogP contribution < -0.4 is 10.1 Å². The molecule has 0 aliphatic carbocycles. The van der Waals surface area contributed by atoms with Crippen molar-refractivity contribution in [1.29, 1.82) is 0 Å². The van der Waals surface area contributed by atoms with Gasteiger partial charge in [0, 0.05) is 23.0 Å². The van der Waals surface area contributed by atoms with E-state index in [0.29, 0.717) is 0 Å². The van der Waals surface area contributed by atoms with Gasteiger partial charge in [0.25, 0.3) is 0 Å². The highest BCUT2D eigenvalue weighted by Crippen LogP contribution is 2.28. The van der Waals surface area contributed by atoms with E-state index >= 15 is 0 Å². The second-order valence-corrected chi connectivity index (χ2v) is 8.60. The number of rotatable bonds is 5. The molecule has 140 valence electrons. The highest BCUT2D eigenvalue weighted by atomic mass is 32.1. The van der Waals surface area contributed by atoms with E-state index < -0.39 is 0 Å². The number of ether oxygens (including phenoxy) is 1. The average molecular weight is 374 g/mol. The first-order valence-electron chi connectivity index (χ1n) is 9.00. The Hall–Kier alpha value is -1.92. The molecule has 1 atom stereocenters. The van der Waals surface area contributed by atoms with Crippen molar-refractivity contribution in [3.63, 3.8) is 0 Å². The number of carbonyl (C=O) groups is 1. The number of carbonyl (C=O) groups excluding carboxylic acids is 1. The summed E-state index contributed by atoms with van der Waals surface area (Å²) in [5.41, 5.74) is 1.93. The third-order valence-electron chi connectivity index (χ3n) is 4.58. The summed E-state index contributed by atoms with van der Waals surface area (Å²) in [7, 11) is 1.63. The molecule has 0 radical (unpaired) electrons. The van der Waals surface area contributed by atoms with Crippen molar-refractivity contribution in [1.82, 2.24) is 9.88 Å². The van der Waals surface area contributed by atoms with Crippen LogP contribution in [0.2, 0.25) is 0 Å². The Kier molecular flexibility index (Phi) is 5.63. The molecule has 1 N–H and O–H groups in total. The molecule has 0 spiro atoms. The number of thiazole rings is 1. The van der Waals surface area contributed by atoms with Gasteiger partial charge in [0.05, 0.1) is 23.9 Å². The van der Waals surface area contributed by atoms with E-state index in [1.54, 1.807) is 18.4 Å². The van der Waals surface area contributed by atoms with E-state index in [9.17, 15) is 4.79 Å². The van der Waals surface area contributed by atoms with Crippen LogP contribution in [0.3, 0.4) is 0 Å². The first kappa shape index (κ1) is 18.9. The van der Waals surface area contributed by atoms with E-state index in [2.05, 4.69) is 36.4 Å². The molecule has 1 saturated heterocycles. The number of nitrogens with zero attached hydrogens (tertiary/aromatic N) is 2. The van der Waals surface area contributed by atoms with Gasteiger partial charge in [0.1, 0.15) is 5.75 Å². The Labute approximate surface area is 159 Å². The van der Waals surface area contributed by atoms with Gasteiger partial charge >= 0.3 is 0 Å². The Morgan fingerprint density at radius 1 is 1.35 bits per heavy atom. The van der Waals surface area contributed by atoms with Crippen LogP contribution in [0.5, 0.6) is 5.75 Å². The Morgan fingerprint density at radius 2 is 2.08 bits per heavy atom. The normalized spacial score (nSPS) is 18.1. The molecule has 1 aromatic carbocycles. The van der Waals surface area contributed by atoms with Crippen LogP contribution in [0.25, 0.3) is 0 Å². The zero-order valence-corrected chi connectivity index (χ0v) is 16.7. The van der Waals surface area contributed by atoms with Gasteiger partial charge < -0.3 is 10.1 Å². The first-order valence-corrected chi connectivity index (χ1v) is 9.88. The van der Waals surface area contributed by atoms with Crippen LogP contribution >= 0.6 is 11.3 Å². The van der Waals surface area contributed by atoms with E-state index in [0.717, 1.165) is 48.1 Å². The maximum atomic E-state index is 12.7. The predicted octanol–water partition coefficient (Wildman–Crippen LogP) is 4.05. The predicted molar refractivity (Wildman–Crippen MR) is 106 cm³/mol. The summed E-state index contributed by atoms with van der Waals surface area (Å²) in [5.74, 6) is 0.836. The summed E-state index contributed by atoms with van der Waals surface area (Å²) in [6.07, 6.45) is 1.93. The second kappa shape index (κ2) is 7.76. The van der Waals surface area contributed by atoms with Crippen molar-refractivity contribution < 1.29 is 9.53 Å². The number of amides is 1. The number of likely N-dealkylation sites (tertiary alicyclic amines) is 1. The maximum absolute atomic E-state index is 12.7. The van der Waals surface area contributed by atoms with Gasteiger partial charge in [-0.1, -0.05) is 20.8 Å². The Morgan fingerprint density at radius 3 is 2.69 bits per heavy atom. The fourth-order valence-corrected chi connectivity index (χ4v) is 4.04. The van der Waals surface area contributed by atoms with Crippen molar-refractivity contribution in [2.45, 2.75) is 51.6 Å². The SMILES string of the molecule is COc1ccc(NC(=O)[C@H]2CCCN2Cc2csc(C(C)(C)C)n2)cc1. The molecule has 2 heterocycles. The van der Waals surface area contributed by atoms with Crippen LogP contribution in [0.4, 0.5) is 5.69 Å². The van der Waals surface area contributed by atoms with Crippen LogP contribution in [-0.4, -0.2) is 35.5 Å². The Balaban J connectivity index is 1.63. The minimum Gasteiger partial charge on any atom is -0.497 e. The van der Waals surface area contributed by atoms with Crippen molar-refractivity contribution in [2.75, 3.05) is 19.0 Å². The molecule has 0 saturated carbocycles. The fraction of sp³-hybridized carbons (Fsp3) is 0.500. The van der Waals surface area contributed by atoms with Crippen LogP contribution in [0.1, 0.15) is 44.3 Å². The molecule has 26 heavy (non-hydrogen) atoms. The lowest BCUT2D eigenvalue weighted by Crippen LogP contribution is -2.39. The third-order valence-corrected chi connectivity index (χ3v) is 5.90. The highest BCUT2D eigenvalue weighted by molar-refractivity contribution is 7.09. The van der Waals surface area contributed by atoms with Gasteiger partial charge in [0.2, 0.25) is 5.91 Å². The van der Waals surface area contributed by atoms with E-state index in [-0.39, 0.29) is 17.4 Å². The van der Waals surface area contributed by atoms with Gasteiger partial charge in [-0.25, -0.2) is 4.98 Å². The molecule has 6 heteroatoms. The van der Waals surface area contributed by atoms with Gasteiger partial charge in [-0.05, 0) is 43.7 Å². The summed E-state index contributed by atoms with van der Waals surface area (Å²) >= 11 is 1.71. The van der Waals surface area contributed by atoms with E-state index in [1.165, 1.54) is 0 Å². The van der Waals surface area contributed by atoms with Crippen LogP contribution in [0.15, 0.2) is 29.6 Å². The minimum atomic E-state index is -0.100. The van der Waals surface area contributed by atoms with E-state index in [1.807, 2.05) is 24.3 Å². The summed E-state index contributed by atoms with van der Waals surface area (Å²) in [5, 5.41) is 6.29. The summed E-state index contributed by atoms with van der Waals surface area (Å²) < 4.78 is 5.16. The number of hydrogen-bond acceptors (Lipinski definition) is 5. The number of anilines is 1. The largest absolute Gasteiger partial charge is 0.497 e. The zero-order valence-electron chi connectivity index (χ0n) is 15.9. The molecule has 2 aromatic rings. The lowest BCUT2D eigenvalue weighted by Gasteiger charge is -2.23. The van der Waals surface area contributed by atoms with E-state index in [4.69, 9.17) is 9.72 Å². The second-order valence-electron chi connectivity index (χ2n) is 7.74. The molecule has 1 aliphatic heterocycles. The van der Waals surface area contributed by atoms with Gasteiger partial charge in [-0.3, -0.25) is 9.69 Å².